The van der Waals surface area contributed by atoms with Crippen molar-refractivity contribution in [2.75, 3.05) is 21.0 Å². The summed E-state index contributed by atoms with van der Waals surface area (Å²) in [6.45, 7) is 12.9. The van der Waals surface area contributed by atoms with Crippen LogP contribution >= 0.6 is 0 Å². The van der Waals surface area contributed by atoms with E-state index in [-0.39, 0.29) is 65.4 Å². The van der Waals surface area contributed by atoms with Crippen molar-refractivity contribution in [2.24, 2.45) is 0 Å². The van der Waals surface area contributed by atoms with Gasteiger partial charge in [0.25, 0.3) is 0 Å². The summed E-state index contributed by atoms with van der Waals surface area (Å²) < 4.78 is 8.94. The Labute approximate surface area is 277 Å². The van der Waals surface area contributed by atoms with Crippen molar-refractivity contribution in [3.05, 3.63) is 143 Å². The third-order valence-electron chi connectivity index (χ3n) is 4.71. The van der Waals surface area contributed by atoms with Gasteiger partial charge in [-0.3, -0.25) is 0 Å². The minimum atomic E-state index is 0. The minimum Gasteiger partial charge on any atom is -0.359 e. The van der Waals surface area contributed by atoms with E-state index in [1.54, 1.807) is 14.2 Å². The zero-order valence-electron chi connectivity index (χ0n) is 23.8. The van der Waals surface area contributed by atoms with Crippen LogP contribution in [0.3, 0.4) is 0 Å². The Morgan fingerprint density at radius 2 is 0.757 bits per heavy atom. The molecule has 4 aromatic rings. The van der Waals surface area contributed by atoms with Crippen molar-refractivity contribution < 1.29 is 74.9 Å². The van der Waals surface area contributed by atoms with Gasteiger partial charge in [-0.25, -0.2) is 0 Å². The fourth-order valence-electron chi connectivity index (χ4n) is 2.24. The molecule has 2 radical (unpaired) electrons. The van der Waals surface area contributed by atoms with Crippen LogP contribution in [0.5, 0.6) is 0 Å². The SMILES string of the molecule is COCOC.Cc1c[c-]ccc1C.Cc1c[c-]ccc1C.Cc1cc[c-]cc1.Cc1cc[c-]cc1.[Y].[Y]. The monoisotopic (exact) mass is 646 g/mol. The molecule has 0 spiro atoms. The summed E-state index contributed by atoms with van der Waals surface area (Å²) in [4.78, 5) is 0. The Balaban J connectivity index is -0.000000389. The molecule has 0 heterocycles. The fourth-order valence-corrected chi connectivity index (χ4v) is 2.24. The van der Waals surface area contributed by atoms with Crippen LogP contribution in [0.25, 0.3) is 0 Å². The second-order valence-corrected chi connectivity index (χ2v) is 7.87. The molecule has 0 N–H and O–H groups in total. The van der Waals surface area contributed by atoms with E-state index in [1.165, 1.54) is 33.4 Å². The van der Waals surface area contributed by atoms with Crippen LogP contribution in [0.15, 0.2) is 84.9 Å². The number of hydrogen-bond acceptors (Lipinski definition) is 2. The van der Waals surface area contributed by atoms with E-state index in [4.69, 9.17) is 0 Å². The first kappa shape index (κ1) is 40.5. The predicted molar refractivity (Wildman–Crippen MR) is 148 cm³/mol. The van der Waals surface area contributed by atoms with Gasteiger partial charge in [0.1, 0.15) is 6.79 Å². The van der Waals surface area contributed by atoms with E-state index in [1.807, 2.05) is 72.8 Å². The maximum Gasteiger partial charge on any atom is 0.145 e. The quantitative estimate of drug-likeness (QED) is 0.162. The Morgan fingerprint density at radius 1 is 0.459 bits per heavy atom. The summed E-state index contributed by atoms with van der Waals surface area (Å²) in [6, 6.07) is 39.6. The number of rotatable bonds is 2. The molecule has 0 unspecified atom stereocenters. The summed E-state index contributed by atoms with van der Waals surface area (Å²) in [7, 11) is 3.17. The molecule has 0 saturated heterocycles. The minimum absolute atomic E-state index is 0. The molecule has 0 amide bonds. The van der Waals surface area contributed by atoms with Gasteiger partial charge in [-0.15, -0.1) is 0 Å². The Morgan fingerprint density at radius 3 is 0.892 bits per heavy atom. The van der Waals surface area contributed by atoms with Crippen LogP contribution < -0.4 is 0 Å². The van der Waals surface area contributed by atoms with Gasteiger partial charge in [0.15, 0.2) is 0 Å². The zero-order valence-corrected chi connectivity index (χ0v) is 29.4. The molecule has 0 atom stereocenters. The van der Waals surface area contributed by atoms with Crippen molar-refractivity contribution in [3.63, 3.8) is 0 Å². The van der Waals surface area contributed by atoms with E-state index in [2.05, 4.69) is 87.4 Å². The van der Waals surface area contributed by atoms with E-state index in [9.17, 15) is 0 Å². The number of benzene rings is 4. The molecular weight excluding hydrogens is 606 g/mol. The van der Waals surface area contributed by atoms with E-state index < -0.39 is 0 Å². The molecule has 0 saturated carbocycles. The molecule has 0 fully saturated rings. The average molecular weight is 646 g/mol. The van der Waals surface area contributed by atoms with Crippen LogP contribution in [-0.2, 0) is 74.9 Å². The molecular formula is C33H40O2Y2-4. The van der Waals surface area contributed by atoms with Crippen molar-refractivity contribution >= 4 is 0 Å². The van der Waals surface area contributed by atoms with Crippen LogP contribution in [0.2, 0.25) is 0 Å². The first-order valence-electron chi connectivity index (χ1n) is 11.5. The number of methoxy groups -OCH3 is 2. The maximum atomic E-state index is 4.47. The Bertz CT molecular complexity index is 882. The van der Waals surface area contributed by atoms with Gasteiger partial charge in [-0.1, -0.05) is 41.5 Å². The van der Waals surface area contributed by atoms with Crippen LogP contribution in [0.4, 0.5) is 0 Å². The van der Waals surface area contributed by atoms with E-state index in [0.29, 0.717) is 6.79 Å². The molecule has 4 aromatic carbocycles. The molecule has 0 aliphatic rings. The normalized spacial score (nSPS) is 8.43. The predicted octanol–water partition coefficient (Wildman–Crippen LogP) is 8.03. The summed E-state index contributed by atoms with van der Waals surface area (Å²) in [6.07, 6.45) is 0. The van der Waals surface area contributed by atoms with Crippen LogP contribution in [-0.4, -0.2) is 21.0 Å². The average Bonchev–Trinajstić information content (AvgIpc) is 2.86. The van der Waals surface area contributed by atoms with Gasteiger partial charge in [0.05, 0.1) is 0 Å². The number of hydrogen-bond donors (Lipinski definition) is 0. The second-order valence-electron chi connectivity index (χ2n) is 7.87. The van der Waals surface area contributed by atoms with Crippen molar-refractivity contribution in [2.45, 2.75) is 41.5 Å². The molecule has 37 heavy (non-hydrogen) atoms. The summed E-state index contributed by atoms with van der Waals surface area (Å²) in [5.74, 6) is 0. The molecule has 0 aromatic heterocycles. The van der Waals surface area contributed by atoms with Gasteiger partial charge in [0.2, 0.25) is 0 Å². The zero-order chi connectivity index (χ0) is 26.3. The summed E-state index contributed by atoms with van der Waals surface area (Å²) >= 11 is 0. The molecule has 0 aliphatic heterocycles. The van der Waals surface area contributed by atoms with E-state index >= 15 is 0 Å². The third-order valence-corrected chi connectivity index (χ3v) is 4.71. The second kappa shape index (κ2) is 28.0. The Kier molecular flexibility index (Phi) is 30.7. The molecule has 194 valence electrons. The van der Waals surface area contributed by atoms with Gasteiger partial charge in [-0.2, -0.15) is 143 Å². The Hall–Kier alpha value is -0.992. The molecule has 4 heteroatoms. The number of aryl methyl sites for hydroxylation is 6. The van der Waals surface area contributed by atoms with Crippen molar-refractivity contribution in [1.82, 2.24) is 0 Å². The maximum absolute atomic E-state index is 4.47. The first-order chi connectivity index (χ1) is 16.8. The smallest absolute Gasteiger partial charge is 0.145 e. The van der Waals surface area contributed by atoms with Crippen molar-refractivity contribution in [3.8, 4) is 0 Å². The van der Waals surface area contributed by atoms with Gasteiger partial charge in [-0.05, 0) is 0 Å². The summed E-state index contributed by atoms with van der Waals surface area (Å²) in [5.41, 5.74) is 7.88. The number of ether oxygens (including phenoxy) is 2. The third kappa shape index (κ3) is 25.1. The topological polar surface area (TPSA) is 18.5 Å². The summed E-state index contributed by atoms with van der Waals surface area (Å²) in [5, 5.41) is 0. The van der Waals surface area contributed by atoms with Crippen molar-refractivity contribution in [1.29, 1.82) is 0 Å². The molecule has 0 bridgehead atoms. The van der Waals surface area contributed by atoms with Gasteiger partial charge >= 0.3 is 0 Å². The molecule has 0 aliphatic carbocycles. The molecule has 4 rings (SSSR count). The van der Waals surface area contributed by atoms with Crippen LogP contribution in [0.1, 0.15) is 33.4 Å². The largest absolute Gasteiger partial charge is 0.359 e. The van der Waals surface area contributed by atoms with E-state index in [0.717, 1.165) is 0 Å². The van der Waals surface area contributed by atoms with Gasteiger partial charge < -0.3 is 9.47 Å². The van der Waals surface area contributed by atoms with Gasteiger partial charge in [0, 0.05) is 79.6 Å². The standard InChI is InChI=1S/2C8H9.2C7H7.C3H8O2.2Y/c2*1-7-5-3-4-6-8(7)2;2*1-7-5-3-2-4-6-7;1-4-3-5-2;;/h2*3,5-6H,1-2H3;2*3-6H,1H3;3H2,1-2H3;;/q4*-1;;;. The van der Waals surface area contributed by atoms with Crippen LogP contribution in [0, 0.1) is 65.8 Å². The fraction of sp³-hybridized carbons (Fsp3) is 0.273. The first-order valence-corrected chi connectivity index (χ1v) is 11.5. The molecule has 2 nitrogen and oxygen atoms in total.